The molecule has 0 unspecified atom stereocenters. The van der Waals surface area contributed by atoms with Crippen LogP contribution in [-0.4, -0.2) is 64.5 Å². The van der Waals surface area contributed by atoms with Gasteiger partial charge in [-0.25, -0.2) is 4.99 Å². The first kappa shape index (κ1) is 25.4. The molecule has 0 spiro atoms. The Morgan fingerprint density at radius 2 is 1.67 bits per heavy atom. The van der Waals surface area contributed by atoms with E-state index in [0.717, 1.165) is 69.8 Å². The summed E-state index contributed by atoms with van der Waals surface area (Å²) in [5.74, 6) is 2.52. The van der Waals surface area contributed by atoms with E-state index in [1.807, 2.05) is 0 Å². The first-order chi connectivity index (χ1) is 15.7. The van der Waals surface area contributed by atoms with Gasteiger partial charge in [0.05, 0.1) is 34.0 Å². The lowest BCUT2D eigenvalue weighted by atomic mass is 9.99. The number of rotatable bonds is 6. The number of nitrogens with one attached hydrogen (secondary N) is 1. The molecule has 8 heteroatoms. The Morgan fingerprint density at radius 1 is 1.00 bits per heavy atom. The predicted octanol–water partition coefficient (Wildman–Crippen LogP) is 3.68. The third kappa shape index (κ3) is 6.23. The number of ether oxygens (including phenoxy) is 3. The molecular weight excluding hydrogens is 531 g/mol. The molecule has 1 N–H and O–H groups in total. The van der Waals surface area contributed by atoms with Crippen LogP contribution >= 0.6 is 24.0 Å². The van der Waals surface area contributed by atoms with E-state index in [1.54, 1.807) is 14.2 Å². The van der Waals surface area contributed by atoms with Crippen LogP contribution in [0.1, 0.15) is 23.6 Å². The Bertz CT molecular complexity index is 930. The largest absolute Gasteiger partial charge is 0.493 e. The van der Waals surface area contributed by atoms with Gasteiger partial charge in [-0.1, -0.05) is 12.1 Å². The third-order valence-electron chi connectivity index (χ3n) is 6.08. The molecule has 1 saturated heterocycles. The molecule has 0 amide bonds. The van der Waals surface area contributed by atoms with E-state index < -0.39 is 0 Å². The highest BCUT2D eigenvalue weighted by Crippen LogP contribution is 2.33. The van der Waals surface area contributed by atoms with Crippen molar-refractivity contribution >= 4 is 35.6 Å². The number of guanidine groups is 1. The fourth-order valence-corrected chi connectivity index (χ4v) is 4.29. The van der Waals surface area contributed by atoms with Gasteiger partial charge in [-0.15, -0.1) is 24.0 Å². The second-order valence-corrected chi connectivity index (χ2v) is 8.08. The molecule has 0 aliphatic carbocycles. The number of hydrogen-bond donors (Lipinski definition) is 1. The van der Waals surface area contributed by atoms with Crippen molar-refractivity contribution in [3.63, 3.8) is 0 Å². The van der Waals surface area contributed by atoms with Crippen LogP contribution in [0.25, 0.3) is 0 Å². The van der Waals surface area contributed by atoms with Crippen molar-refractivity contribution in [1.82, 2.24) is 10.2 Å². The van der Waals surface area contributed by atoms with Gasteiger partial charge in [0.25, 0.3) is 0 Å². The summed E-state index contributed by atoms with van der Waals surface area (Å²) >= 11 is 0. The first-order valence-corrected chi connectivity index (χ1v) is 11.4. The van der Waals surface area contributed by atoms with E-state index in [4.69, 9.17) is 19.2 Å². The normalized spacial score (nSPS) is 16.0. The summed E-state index contributed by atoms with van der Waals surface area (Å²) in [6.07, 6.45) is 0.953. The van der Waals surface area contributed by atoms with Gasteiger partial charge in [-0.3, -0.25) is 0 Å². The molecule has 0 atom stereocenters. The monoisotopic (exact) mass is 566 g/mol. The lowest BCUT2D eigenvalue weighted by molar-refractivity contribution is 0.122. The van der Waals surface area contributed by atoms with Crippen molar-refractivity contribution in [3.05, 3.63) is 53.1 Å². The summed E-state index contributed by atoms with van der Waals surface area (Å²) in [6.45, 7) is 8.83. The molecule has 2 aromatic rings. The van der Waals surface area contributed by atoms with E-state index in [2.05, 4.69) is 58.4 Å². The van der Waals surface area contributed by atoms with Crippen molar-refractivity contribution in [2.75, 3.05) is 58.5 Å². The fourth-order valence-electron chi connectivity index (χ4n) is 4.29. The SMILES string of the molecule is CCNC(=NCc1ccc(N2CCOCC2)cc1)N1CCc2cc(OC)c(OC)cc2C1.I. The Morgan fingerprint density at radius 3 is 2.30 bits per heavy atom. The molecule has 0 aromatic heterocycles. The molecule has 0 radical (unpaired) electrons. The van der Waals surface area contributed by atoms with E-state index in [-0.39, 0.29) is 24.0 Å². The van der Waals surface area contributed by atoms with Gasteiger partial charge >= 0.3 is 0 Å². The zero-order chi connectivity index (χ0) is 22.3. The maximum absolute atomic E-state index is 5.50. The van der Waals surface area contributed by atoms with E-state index >= 15 is 0 Å². The second kappa shape index (κ2) is 12.3. The lowest BCUT2D eigenvalue weighted by Gasteiger charge is -2.32. The van der Waals surface area contributed by atoms with Gasteiger partial charge in [-0.2, -0.15) is 0 Å². The zero-order valence-electron chi connectivity index (χ0n) is 19.8. The minimum Gasteiger partial charge on any atom is -0.493 e. The van der Waals surface area contributed by atoms with Crippen LogP contribution < -0.4 is 19.7 Å². The molecule has 33 heavy (non-hydrogen) atoms. The average Bonchev–Trinajstić information content (AvgIpc) is 2.86. The molecule has 7 nitrogen and oxygen atoms in total. The molecule has 0 bridgehead atoms. The Kier molecular flexibility index (Phi) is 9.49. The third-order valence-corrected chi connectivity index (χ3v) is 6.08. The highest BCUT2D eigenvalue weighted by atomic mass is 127. The van der Waals surface area contributed by atoms with Gasteiger partial charge in [0.2, 0.25) is 0 Å². The maximum atomic E-state index is 5.50. The van der Waals surface area contributed by atoms with Gasteiger partial charge in [0.15, 0.2) is 17.5 Å². The highest BCUT2D eigenvalue weighted by molar-refractivity contribution is 14.0. The van der Waals surface area contributed by atoms with Crippen LogP contribution in [0.2, 0.25) is 0 Å². The van der Waals surface area contributed by atoms with Crippen molar-refractivity contribution in [1.29, 1.82) is 0 Å². The minimum atomic E-state index is 0. The number of hydrogen-bond acceptors (Lipinski definition) is 5. The number of nitrogens with zero attached hydrogens (tertiary/aromatic N) is 3. The van der Waals surface area contributed by atoms with Crippen molar-refractivity contribution in [2.45, 2.75) is 26.4 Å². The van der Waals surface area contributed by atoms with E-state index in [1.165, 1.54) is 22.4 Å². The van der Waals surface area contributed by atoms with Crippen molar-refractivity contribution in [2.24, 2.45) is 4.99 Å². The fraction of sp³-hybridized carbons (Fsp3) is 0.480. The van der Waals surface area contributed by atoms with E-state index in [9.17, 15) is 0 Å². The standard InChI is InChI=1S/C25H34N4O3.HI/c1-4-26-25(27-17-19-5-7-22(8-6-19)28-11-13-32-14-12-28)29-10-9-20-15-23(30-2)24(31-3)16-21(20)18-29;/h5-8,15-16H,4,9-14,17-18H2,1-3H3,(H,26,27);1H. The lowest BCUT2D eigenvalue weighted by Crippen LogP contribution is -2.44. The Labute approximate surface area is 214 Å². The highest BCUT2D eigenvalue weighted by Gasteiger charge is 2.21. The molecule has 180 valence electrons. The van der Waals surface area contributed by atoms with Crippen LogP contribution in [0, 0.1) is 0 Å². The summed E-state index contributed by atoms with van der Waals surface area (Å²) in [5, 5.41) is 3.47. The van der Waals surface area contributed by atoms with Crippen LogP contribution in [0.3, 0.4) is 0 Å². The number of methoxy groups -OCH3 is 2. The number of aliphatic imine (C=N–C) groups is 1. The van der Waals surface area contributed by atoms with Crippen LogP contribution in [0.4, 0.5) is 5.69 Å². The summed E-state index contributed by atoms with van der Waals surface area (Å²) in [6, 6.07) is 12.9. The van der Waals surface area contributed by atoms with Gasteiger partial charge in [0.1, 0.15) is 0 Å². The molecule has 2 aromatic carbocycles. The number of halogens is 1. The summed E-state index contributed by atoms with van der Waals surface area (Å²) in [4.78, 5) is 9.63. The minimum absolute atomic E-state index is 0. The first-order valence-electron chi connectivity index (χ1n) is 11.4. The Hall–Kier alpha value is -2.20. The van der Waals surface area contributed by atoms with Gasteiger partial charge < -0.3 is 29.3 Å². The molecule has 2 aliphatic rings. The molecule has 2 aliphatic heterocycles. The number of benzene rings is 2. The van der Waals surface area contributed by atoms with Crippen LogP contribution in [-0.2, 0) is 24.2 Å². The second-order valence-electron chi connectivity index (χ2n) is 8.08. The number of anilines is 1. The van der Waals surface area contributed by atoms with Crippen molar-refractivity contribution in [3.8, 4) is 11.5 Å². The van der Waals surface area contributed by atoms with Crippen LogP contribution in [0.5, 0.6) is 11.5 Å². The molecule has 0 saturated carbocycles. The smallest absolute Gasteiger partial charge is 0.194 e. The molecule has 1 fully saturated rings. The summed E-state index contributed by atoms with van der Waals surface area (Å²) in [5.41, 5.74) is 5.04. The van der Waals surface area contributed by atoms with Crippen LogP contribution in [0.15, 0.2) is 41.4 Å². The Balaban J connectivity index is 0.00000306. The maximum Gasteiger partial charge on any atom is 0.194 e. The van der Waals surface area contributed by atoms with Gasteiger partial charge in [0, 0.05) is 38.4 Å². The summed E-state index contributed by atoms with van der Waals surface area (Å²) in [7, 11) is 3.36. The zero-order valence-corrected chi connectivity index (χ0v) is 22.1. The van der Waals surface area contributed by atoms with E-state index in [0.29, 0.717) is 6.54 Å². The van der Waals surface area contributed by atoms with Gasteiger partial charge in [-0.05, 0) is 54.3 Å². The molecule has 2 heterocycles. The molecule has 4 rings (SSSR count). The summed E-state index contributed by atoms with van der Waals surface area (Å²) < 4.78 is 16.4. The quantitative estimate of drug-likeness (QED) is 0.327. The molecular formula is C25H35IN4O3. The number of fused-ring (bicyclic) bond motifs is 1. The van der Waals surface area contributed by atoms with Crippen molar-refractivity contribution < 1.29 is 14.2 Å². The average molecular weight is 566 g/mol. The predicted molar refractivity (Wildman–Crippen MR) is 143 cm³/mol. The number of morpholine rings is 1. The topological polar surface area (TPSA) is 58.6 Å².